The minimum Gasteiger partial charge on any atom is -0.287 e. The van der Waals surface area contributed by atoms with E-state index < -0.39 is 0 Å². The normalized spacial score (nSPS) is 10.6. The summed E-state index contributed by atoms with van der Waals surface area (Å²) in [6.45, 7) is 0. The highest BCUT2D eigenvalue weighted by atomic mass is 79.9. The fourth-order valence-corrected chi connectivity index (χ4v) is 2.19. The van der Waals surface area contributed by atoms with Crippen molar-refractivity contribution < 1.29 is 4.79 Å². The Kier molecular flexibility index (Phi) is 3.09. The van der Waals surface area contributed by atoms with Crippen LogP contribution in [0.5, 0.6) is 0 Å². The number of carbonyl (C=O) groups excluding carboxylic acids is 1. The van der Waals surface area contributed by atoms with Crippen molar-refractivity contribution in [1.29, 1.82) is 0 Å². The maximum absolute atomic E-state index is 12.5. The maximum atomic E-state index is 12.5. The van der Waals surface area contributed by atoms with E-state index in [1.165, 1.54) is 6.33 Å². The van der Waals surface area contributed by atoms with Crippen LogP contribution in [0.1, 0.15) is 16.1 Å². The van der Waals surface area contributed by atoms with Crippen LogP contribution >= 0.6 is 15.9 Å². The molecule has 0 aliphatic heterocycles. The number of halogens is 1. The van der Waals surface area contributed by atoms with E-state index in [2.05, 4.69) is 25.9 Å². The van der Waals surface area contributed by atoms with Crippen LogP contribution in [0.25, 0.3) is 10.9 Å². The van der Waals surface area contributed by atoms with Crippen molar-refractivity contribution in [2.24, 2.45) is 0 Å². The zero-order valence-electron chi connectivity index (χ0n) is 9.88. The molecule has 0 bridgehead atoms. The van der Waals surface area contributed by atoms with Gasteiger partial charge in [-0.25, -0.2) is 9.97 Å². The molecule has 1 heterocycles. The van der Waals surface area contributed by atoms with Crippen LogP contribution in [-0.2, 0) is 0 Å². The molecule has 2 aromatic carbocycles. The van der Waals surface area contributed by atoms with Crippen LogP contribution in [-0.4, -0.2) is 15.8 Å². The summed E-state index contributed by atoms with van der Waals surface area (Å²) in [4.78, 5) is 20.8. The van der Waals surface area contributed by atoms with Gasteiger partial charge in [0.1, 0.15) is 12.0 Å². The third-order valence-electron chi connectivity index (χ3n) is 2.86. The molecule has 92 valence electrons. The molecule has 3 nitrogen and oxygen atoms in total. The van der Waals surface area contributed by atoms with E-state index in [4.69, 9.17) is 0 Å². The Balaban J connectivity index is 2.14. The predicted molar refractivity (Wildman–Crippen MR) is 77.1 cm³/mol. The molecule has 4 heteroatoms. The Morgan fingerprint density at radius 1 is 0.947 bits per heavy atom. The highest BCUT2D eigenvalue weighted by Crippen LogP contribution is 2.18. The van der Waals surface area contributed by atoms with E-state index in [0.29, 0.717) is 11.3 Å². The number of para-hydroxylation sites is 1. The molecule has 0 radical (unpaired) electrons. The summed E-state index contributed by atoms with van der Waals surface area (Å²) in [7, 11) is 0. The largest absolute Gasteiger partial charge is 0.287 e. The van der Waals surface area contributed by atoms with Crippen molar-refractivity contribution >= 4 is 32.6 Å². The van der Waals surface area contributed by atoms with Crippen molar-refractivity contribution in [2.45, 2.75) is 0 Å². The molecule has 19 heavy (non-hydrogen) atoms. The van der Waals surface area contributed by atoms with Gasteiger partial charge in [0, 0.05) is 15.4 Å². The first-order chi connectivity index (χ1) is 9.25. The first-order valence-electron chi connectivity index (χ1n) is 5.76. The summed E-state index contributed by atoms with van der Waals surface area (Å²) < 4.78 is 0.941. The molecule has 0 unspecified atom stereocenters. The minimum atomic E-state index is -0.0916. The number of fused-ring (bicyclic) bond motifs is 1. The number of rotatable bonds is 2. The van der Waals surface area contributed by atoms with Gasteiger partial charge in [-0.05, 0) is 30.3 Å². The molecule has 1 aromatic heterocycles. The fourth-order valence-electron chi connectivity index (χ4n) is 1.92. The van der Waals surface area contributed by atoms with Crippen LogP contribution in [0, 0.1) is 0 Å². The van der Waals surface area contributed by atoms with Gasteiger partial charge in [-0.1, -0.05) is 34.1 Å². The third kappa shape index (κ3) is 2.27. The SMILES string of the molecule is O=C(c1ccc(Br)cc1)c1ncnc2ccccc12. The number of hydrogen-bond acceptors (Lipinski definition) is 3. The zero-order chi connectivity index (χ0) is 13.2. The van der Waals surface area contributed by atoms with Crippen molar-refractivity contribution in [2.75, 3.05) is 0 Å². The lowest BCUT2D eigenvalue weighted by Gasteiger charge is -2.04. The van der Waals surface area contributed by atoms with Crippen molar-refractivity contribution in [3.05, 3.63) is 70.6 Å². The second kappa shape index (κ2) is 4.90. The molecule has 0 saturated carbocycles. The zero-order valence-corrected chi connectivity index (χ0v) is 11.5. The first kappa shape index (κ1) is 12.0. The average molecular weight is 313 g/mol. The van der Waals surface area contributed by atoms with Gasteiger partial charge >= 0.3 is 0 Å². The summed E-state index contributed by atoms with van der Waals surface area (Å²) in [5.41, 5.74) is 1.83. The van der Waals surface area contributed by atoms with Crippen LogP contribution in [0.4, 0.5) is 0 Å². The van der Waals surface area contributed by atoms with E-state index in [-0.39, 0.29) is 5.78 Å². The maximum Gasteiger partial charge on any atom is 0.212 e. The van der Waals surface area contributed by atoms with Crippen molar-refractivity contribution in [3.8, 4) is 0 Å². The van der Waals surface area contributed by atoms with Crippen LogP contribution in [0.15, 0.2) is 59.3 Å². The number of aromatic nitrogens is 2. The standard InChI is InChI=1S/C15H9BrN2O/c16-11-7-5-10(6-8-11)15(19)14-12-3-1-2-4-13(12)17-9-18-14/h1-9H. The highest BCUT2D eigenvalue weighted by Gasteiger charge is 2.14. The van der Waals surface area contributed by atoms with Gasteiger partial charge in [0.05, 0.1) is 5.52 Å². The summed E-state index contributed by atoms with van der Waals surface area (Å²) in [6.07, 6.45) is 1.43. The van der Waals surface area contributed by atoms with Gasteiger partial charge in [0.15, 0.2) is 0 Å². The Labute approximate surface area is 118 Å². The van der Waals surface area contributed by atoms with E-state index in [0.717, 1.165) is 15.4 Å². The summed E-state index contributed by atoms with van der Waals surface area (Å²) in [5, 5.41) is 0.776. The molecule has 0 N–H and O–H groups in total. The first-order valence-corrected chi connectivity index (χ1v) is 6.55. The Morgan fingerprint density at radius 2 is 1.68 bits per heavy atom. The molecular formula is C15H9BrN2O. The van der Waals surface area contributed by atoms with Gasteiger partial charge in [-0.3, -0.25) is 4.79 Å². The van der Waals surface area contributed by atoms with Crippen molar-refractivity contribution in [1.82, 2.24) is 9.97 Å². The van der Waals surface area contributed by atoms with Gasteiger partial charge < -0.3 is 0 Å². The number of benzene rings is 2. The molecule has 0 atom stereocenters. The van der Waals surface area contributed by atoms with Crippen LogP contribution in [0.3, 0.4) is 0 Å². The molecule has 0 fully saturated rings. The van der Waals surface area contributed by atoms with Crippen LogP contribution in [0.2, 0.25) is 0 Å². The quantitative estimate of drug-likeness (QED) is 0.679. The second-order valence-corrected chi connectivity index (χ2v) is 4.99. The third-order valence-corrected chi connectivity index (χ3v) is 3.39. The Hall–Kier alpha value is -2.07. The summed E-state index contributed by atoms with van der Waals surface area (Å²) in [5.74, 6) is -0.0916. The molecule has 0 spiro atoms. The van der Waals surface area contributed by atoms with E-state index >= 15 is 0 Å². The van der Waals surface area contributed by atoms with Crippen molar-refractivity contribution in [3.63, 3.8) is 0 Å². The topological polar surface area (TPSA) is 42.9 Å². The lowest BCUT2D eigenvalue weighted by Crippen LogP contribution is -2.05. The molecule has 0 saturated heterocycles. The molecule has 3 rings (SSSR count). The smallest absolute Gasteiger partial charge is 0.212 e. The van der Waals surface area contributed by atoms with E-state index in [1.54, 1.807) is 12.1 Å². The van der Waals surface area contributed by atoms with E-state index in [1.807, 2.05) is 36.4 Å². The van der Waals surface area contributed by atoms with Gasteiger partial charge in [0.25, 0.3) is 0 Å². The second-order valence-electron chi connectivity index (χ2n) is 4.08. The minimum absolute atomic E-state index is 0.0916. The fraction of sp³-hybridized carbons (Fsp3) is 0. The molecular weight excluding hydrogens is 304 g/mol. The Bertz CT molecular complexity index is 748. The summed E-state index contributed by atoms with van der Waals surface area (Å²) in [6, 6.07) is 14.8. The van der Waals surface area contributed by atoms with E-state index in [9.17, 15) is 4.79 Å². The Morgan fingerprint density at radius 3 is 2.47 bits per heavy atom. The average Bonchev–Trinajstić information content (AvgIpc) is 2.47. The predicted octanol–water partition coefficient (Wildman–Crippen LogP) is 3.62. The van der Waals surface area contributed by atoms with Gasteiger partial charge in [0.2, 0.25) is 5.78 Å². The molecule has 3 aromatic rings. The molecule has 0 amide bonds. The number of ketones is 1. The van der Waals surface area contributed by atoms with Crippen LogP contribution < -0.4 is 0 Å². The van der Waals surface area contributed by atoms with Gasteiger partial charge in [-0.2, -0.15) is 0 Å². The number of hydrogen-bond donors (Lipinski definition) is 0. The molecule has 0 aliphatic rings. The lowest BCUT2D eigenvalue weighted by atomic mass is 10.0. The number of nitrogens with zero attached hydrogens (tertiary/aromatic N) is 2. The molecule has 0 aliphatic carbocycles. The number of carbonyl (C=O) groups is 1. The lowest BCUT2D eigenvalue weighted by molar-refractivity contribution is 0.103. The highest BCUT2D eigenvalue weighted by molar-refractivity contribution is 9.10. The monoisotopic (exact) mass is 312 g/mol. The summed E-state index contributed by atoms with van der Waals surface area (Å²) >= 11 is 3.35. The van der Waals surface area contributed by atoms with Gasteiger partial charge in [-0.15, -0.1) is 0 Å².